The fourth-order valence-corrected chi connectivity index (χ4v) is 5.77. The number of hydrogen-bond acceptors (Lipinski definition) is 4. The molecule has 0 aliphatic carbocycles. The Hall–Kier alpha value is -3.14. The molecule has 1 atom stereocenters. The molecule has 0 aromatic heterocycles. The van der Waals surface area contributed by atoms with Crippen LogP contribution in [0.25, 0.3) is 0 Å². The highest BCUT2D eigenvalue weighted by Gasteiger charge is 2.34. The number of rotatable bonds is 10. The lowest BCUT2D eigenvalue weighted by Gasteiger charge is -2.34. The van der Waals surface area contributed by atoms with Gasteiger partial charge in [0.1, 0.15) is 18.4 Å². The van der Waals surface area contributed by atoms with E-state index in [2.05, 4.69) is 5.32 Å². The highest BCUT2D eigenvalue weighted by molar-refractivity contribution is 7.92. The van der Waals surface area contributed by atoms with Crippen LogP contribution in [0.3, 0.4) is 0 Å². The van der Waals surface area contributed by atoms with E-state index in [4.69, 9.17) is 23.2 Å². The van der Waals surface area contributed by atoms with Gasteiger partial charge in [0.15, 0.2) is 0 Å². The largest absolute Gasteiger partial charge is 0.350 e. The highest BCUT2D eigenvalue weighted by Crippen LogP contribution is 2.31. The molecule has 7 nitrogen and oxygen atoms in total. The zero-order chi connectivity index (χ0) is 29.7. The van der Waals surface area contributed by atoms with E-state index in [9.17, 15) is 22.4 Å². The van der Waals surface area contributed by atoms with Crippen molar-refractivity contribution < 1.29 is 22.4 Å². The number of nitrogens with one attached hydrogen (secondary N) is 1. The number of hydrogen-bond donors (Lipinski definition) is 1. The number of anilines is 1. The van der Waals surface area contributed by atoms with E-state index < -0.39 is 45.8 Å². The maximum absolute atomic E-state index is 14.0. The Balaban J connectivity index is 2.08. The van der Waals surface area contributed by atoms with Crippen molar-refractivity contribution in [1.29, 1.82) is 0 Å². The third-order valence-corrected chi connectivity index (χ3v) is 8.48. The first-order chi connectivity index (χ1) is 18.7. The van der Waals surface area contributed by atoms with Crippen LogP contribution in [0.5, 0.6) is 0 Å². The molecule has 2 amide bonds. The fraction of sp³-hybridized carbons (Fsp3) is 0.310. The molecular formula is C29H32Cl2FN3O4S. The van der Waals surface area contributed by atoms with Gasteiger partial charge in [0.2, 0.25) is 11.8 Å². The standard InChI is InChI=1S/C29H32Cl2FN3O4S/c1-5-26(28(37)33-29(2,3)4)34(18-20-11-13-21(32)14-12-20)27(36)19-35(22-15-16-24(30)25(31)17-22)40(38,39)23-9-7-6-8-10-23/h6-17,26H,5,18-19H2,1-4H3,(H,33,37). The van der Waals surface area contributed by atoms with Gasteiger partial charge in [0.05, 0.1) is 20.6 Å². The lowest BCUT2D eigenvalue weighted by Crippen LogP contribution is -2.55. The van der Waals surface area contributed by atoms with Gasteiger partial charge in [-0.15, -0.1) is 0 Å². The Bertz CT molecular complexity index is 1450. The van der Waals surface area contributed by atoms with Crippen LogP contribution in [0.2, 0.25) is 10.0 Å². The quantitative estimate of drug-likeness (QED) is 0.304. The summed E-state index contributed by atoms with van der Waals surface area (Å²) in [7, 11) is -4.24. The number of nitrogens with zero attached hydrogens (tertiary/aromatic N) is 2. The van der Waals surface area contributed by atoms with Crippen LogP contribution in [-0.4, -0.2) is 43.3 Å². The predicted molar refractivity (Wildman–Crippen MR) is 156 cm³/mol. The van der Waals surface area contributed by atoms with Gasteiger partial charge in [-0.05, 0) is 75.2 Å². The first kappa shape index (κ1) is 31.4. The third-order valence-electron chi connectivity index (χ3n) is 5.95. The van der Waals surface area contributed by atoms with Gasteiger partial charge < -0.3 is 10.2 Å². The van der Waals surface area contributed by atoms with Crippen molar-refractivity contribution >= 4 is 50.7 Å². The second kappa shape index (κ2) is 13.0. The summed E-state index contributed by atoms with van der Waals surface area (Å²) in [6, 6.07) is 16.6. The highest BCUT2D eigenvalue weighted by atomic mass is 35.5. The van der Waals surface area contributed by atoms with E-state index in [1.54, 1.807) is 25.1 Å². The summed E-state index contributed by atoms with van der Waals surface area (Å²) in [4.78, 5) is 28.6. The van der Waals surface area contributed by atoms with Crippen molar-refractivity contribution in [2.45, 2.75) is 57.1 Å². The Labute approximate surface area is 244 Å². The molecule has 0 spiro atoms. The number of benzene rings is 3. The molecule has 3 rings (SSSR count). The number of carbonyl (C=O) groups is 2. The number of carbonyl (C=O) groups excluding carboxylic acids is 2. The molecule has 0 aliphatic rings. The Morgan fingerprint density at radius 1 is 0.950 bits per heavy atom. The minimum absolute atomic E-state index is 0.0310. The minimum Gasteiger partial charge on any atom is -0.350 e. The zero-order valence-electron chi connectivity index (χ0n) is 22.7. The van der Waals surface area contributed by atoms with E-state index in [0.717, 1.165) is 4.31 Å². The van der Waals surface area contributed by atoms with Crippen LogP contribution < -0.4 is 9.62 Å². The summed E-state index contributed by atoms with van der Waals surface area (Å²) < 4.78 is 42.1. The second-order valence-corrected chi connectivity index (χ2v) is 12.9. The van der Waals surface area contributed by atoms with Gasteiger partial charge in [-0.25, -0.2) is 12.8 Å². The zero-order valence-corrected chi connectivity index (χ0v) is 25.0. The van der Waals surface area contributed by atoms with E-state index >= 15 is 0 Å². The molecule has 0 bridgehead atoms. The molecule has 40 heavy (non-hydrogen) atoms. The summed E-state index contributed by atoms with van der Waals surface area (Å²) in [6.07, 6.45) is 0.257. The molecule has 1 N–H and O–H groups in total. The summed E-state index contributed by atoms with van der Waals surface area (Å²) >= 11 is 12.3. The molecule has 0 saturated carbocycles. The number of halogens is 3. The second-order valence-electron chi connectivity index (χ2n) is 10.2. The van der Waals surface area contributed by atoms with Crippen molar-refractivity contribution in [1.82, 2.24) is 10.2 Å². The van der Waals surface area contributed by atoms with E-state index in [0.29, 0.717) is 5.56 Å². The first-order valence-electron chi connectivity index (χ1n) is 12.6. The maximum atomic E-state index is 14.0. The lowest BCUT2D eigenvalue weighted by molar-refractivity contribution is -0.141. The van der Waals surface area contributed by atoms with Crippen molar-refractivity contribution in [2.24, 2.45) is 0 Å². The summed E-state index contributed by atoms with van der Waals surface area (Å²) in [5.41, 5.74) is 0.127. The van der Waals surface area contributed by atoms with Gasteiger partial charge in [0.25, 0.3) is 10.0 Å². The van der Waals surface area contributed by atoms with Crippen LogP contribution in [0, 0.1) is 5.82 Å². The SMILES string of the molecule is CCC(C(=O)NC(C)(C)C)N(Cc1ccc(F)cc1)C(=O)CN(c1ccc(Cl)c(Cl)c1)S(=O)(=O)c1ccccc1. The molecule has 1 unspecified atom stereocenters. The first-order valence-corrected chi connectivity index (χ1v) is 14.8. The summed E-state index contributed by atoms with van der Waals surface area (Å²) in [5.74, 6) is -1.47. The smallest absolute Gasteiger partial charge is 0.264 e. The van der Waals surface area contributed by atoms with Crippen molar-refractivity contribution in [3.63, 3.8) is 0 Å². The Kier molecular flexibility index (Phi) is 10.2. The fourth-order valence-electron chi connectivity index (χ4n) is 4.05. The monoisotopic (exact) mass is 607 g/mol. The molecule has 11 heteroatoms. The van der Waals surface area contributed by atoms with Gasteiger partial charge in [0, 0.05) is 12.1 Å². The van der Waals surface area contributed by atoms with Gasteiger partial charge in [-0.2, -0.15) is 0 Å². The van der Waals surface area contributed by atoms with Crippen LogP contribution in [0.1, 0.15) is 39.7 Å². The maximum Gasteiger partial charge on any atom is 0.264 e. The van der Waals surface area contributed by atoms with Crippen LogP contribution in [0.15, 0.2) is 77.7 Å². The number of sulfonamides is 1. The minimum atomic E-state index is -4.24. The average Bonchev–Trinajstić information content (AvgIpc) is 2.89. The third kappa shape index (κ3) is 7.96. The van der Waals surface area contributed by atoms with Gasteiger partial charge in [-0.1, -0.05) is 60.5 Å². The van der Waals surface area contributed by atoms with E-state index in [-0.39, 0.29) is 33.6 Å². The number of amides is 2. The Morgan fingerprint density at radius 3 is 2.12 bits per heavy atom. The topological polar surface area (TPSA) is 86.8 Å². The predicted octanol–water partition coefficient (Wildman–Crippen LogP) is 6.05. The molecule has 3 aromatic carbocycles. The van der Waals surface area contributed by atoms with Crippen molar-refractivity contribution in [3.8, 4) is 0 Å². The van der Waals surface area contributed by atoms with E-state index in [1.807, 2.05) is 20.8 Å². The van der Waals surface area contributed by atoms with E-state index in [1.165, 1.54) is 59.5 Å². The molecular weight excluding hydrogens is 576 g/mol. The van der Waals surface area contributed by atoms with Crippen molar-refractivity contribution in [3.05, 3.63) is 94.2 Å². The molecule has 214 valence electrons. The van der Waals surface area contributed by atoms with Crippen LogP contribution >= 0.6 is 23.2 Å². The molecule has 0 radical (unpaired) electrons. The average molecular weight is 609 g/mol. The molecule has 0 aliphatic heterocycles. The molecule has 3 aromatic rings. The summed E-state index contributed by atoms with van der Waals surface area (Å²) in [6.45, 7) is 6.55. The lowest BCUT2D eigenvalue weighted by atomic mass is 10.1. The summed E-state index contributed by atoms with van der Waals surface area (Å²) in [5, 5.41) is 3.23. The molecule has 0 fully saturated rings. The van der Waals surface area contributed by atoms with Crippen LogP contribution in [0.4, 0.5) is 10.1 Å². The Morgan fingerprint density at radius 2 is 1.57 bits per heavy atom. The van der Waals surface area contributed by atoms with Crippen LogP contribution in [-0.2, 0) is 26.2 Å². The molecule has 0 heterocycles. The van der Waals surface area contributed by atoms with Gasteiger partial charge >= 0.3 is 0 Å². The normalized spacial score (nSPS) is 12.5. The van der Waals surface area contributed by atoms with Crippen molar-refractivity contribution in [2.75, 3.05) is 10.8 Å². The van der Waals surface area contributed by atoms with Gasteiger partial charge in [-0.3, -0.25) is 13.9 Å². The molecule has 0 saturated heterocycles.